The van der Waals surface area contributed by atoms with Crippen molar-refractivity contribution in [1.82, 2.24) is 29.2 Å². The molecular formula is C29H31N7O. The smallest absolute Gasteiger partial charge is 0.257 e. The van der Waals surface area contributed by atoms with Gasteiger partial charge in [0.1, 0.15) is 5.69 Å². The Kier molecular flexibility index (Phi) is 7.26. The number of carbonyl (C=O) groups is 1. The molecular weight excluding hydrogens is 462 g/mol. The lowest BCUT2D eigenvalue weighted by Crippen LogP contribution is -2.48. The van der Waals surface area contributed by atoms with Crippen molar-refractivity contribution in [3.63, 3.8) is 0 Å². The van der Waals surface area contributed by atoms with Gasteiger partial charge in [0.05, 0.1) is 18.0 Å². The lowest BCUT2D eigenvalue weighted by atomic mass is 10.1. The monoisotopic (exact) mass is 493 g/mol. The van der Waals surface area contributed by atoms with E-state index in [1.807, 2.05) is 22.7 Å². The fraction of sp³-hybridized carbons (Fsp3) is 0.310. The maximum atomic E-state index is 12.9. The van der Waals surface area contributed by atoms with Crippen molar-refractivity contribution in [1.29, 1.82) is 0 Å². The van der Waals surface area contributed by atoms with Crippen LogP contribution in [-0.4, -0.2) is 67.3 Å². The minimum absolute atomic E-state index is 0.214. The molecule has 1 aromatic carbocycles. The first-order valence-electron chi connectivity index (χ1n) is 12.6. The summed E-state index contributed by atoms with van der Waals surface area (Å²) in [5.74, 6) is 5.97. The van der Waals surface area contributed by atoms with Crippen LogP contribution in [0.2, 0.25) is 0 Å². The van der Waals surface area contributed by atoms with Crippen molar-refractivity contribution in [2.24, 2.45) is 0 Å². The number of imidazole rings is 1. The van der Waals surface area contributed by atoms with E-state index in [4.69, 9.17) is 0 Å². The number of anilines is 1. The fourth-order valence-electron chi connectivity index (χ4n) is 4.54. The summed E-state index contributed by atoms with van der Waals surface area (Å²) in [5, 5.41) is 3.00. The second-order valence-corrected chi connectivity index (χ2v) is 9.66. The molecule has 0 spiro atoms. The molecule has 1 aliphatic heterocycles. The number of piperazine rings is 1. The summed E-state index contributed by atoms with van der Waals surface area (Å²) in [6.45, 7) is 11.9. The van der Waals surface area contributed by atoms with E-state index in [-0.39, 0.29) is 5.91 Å². The number of carbonyl (C=O) groups excluding carboxylic acids is 1. The first-order valence-corrected chi connectivity index (χ1v) is 12.6. The number of benzene rings is 1. The van der Waals surface area contributed by atoms with Crippen LogP contribution in [0, 0.1) is 18.8 Å². The first-order chi connectivity index (χ1) is 18.0. The van der Waals surface area contributed by atoms with Gasteiger partial charge in [0, 0.05) is 74.8 Å². The average molecular weight is 494 g/mol. The Labute approximate surface area is 217 Å². The van der Waals surface area contributed by atoms with Crippen LogP contribution in [0.4, 0.5) is 5.69 Å². The molecule has 8 nitrogen and oxygen atoms in total. The number of fused-ring (bicyclic) bond motifs is 1. The summed E-state index contributed by atoms with van der Waals surface area (Å²) in [6.07, 6.45) is 10.1. The Bertz CT molecular complexity index is 1470. The van der Waals surface area contributed by atoms with E-state index in [0.29, 0.717) is 17.2 Å². The normalized spacial score (nSPS) is 14.5. The molecule has 4 heterocycles. The van der Waals surface area contributed by atoms with Gasteiger partial charge in [-0.15, -0.1) is 0 Å². The molecule has 1 aliphatic rings. The number of pyridine rings is 1. The number of hydrogen-bond donors (Lipinski definition) is 1. The molecule has 3 aromatic heterocycles. The van der Waals surface area contributed by atoms with Gasteiger partial charge in [-0.05, 0) is 56.0 Å². The Morgan fingerprint density at radius 1 is 1.03 bits per heavy atom. The molecule has 1 N–H and O–H groups in total. The van der Waals surface area contributed by atoms with Crippen molar-refractivity contribution in [2.45, 2.75) is 33.4 Å². The SMILES string of the molecule is Cc1cc(NC(=O)c2cncc(C#Cc3cnc4cnccn34)c2)ccc1CN1CCN(C(C)C)CC1. The lowest BCUT2D eigenvalue weighted by molar-refractivity contribution is 0.102. The number of nitrogens with zero attached hydrogens (tertiary/aromatic N) is 6. The minimum Gasteiger partial charge on any atom is -0.322 e. The van der Waals surface area contributed by atoms with Crippen LogP contribution in [0.3, 0.4) is 0 Å². The van der Waals surface area contributed by atoms with E-state index in [0.717, 1.165) is 49.8 Å². The molecule has 0 unspecified atom stereocenters. The van der Waals surface area contributed by atoms with Crippen LogP contribution in [-0.2, 0) is 6.54 Å². The highest BCUT2D eigenvalue weighted by Crippen LogP contribution is 2.19. The molecule has 1 fully saturated rings. The number of nitrogens with one attached hydrogen (secondary N) is 1. The van der Waals surface area contributed by atoms with Crippen LogP contribution >= 0.6 is 0 Å². The highest BCUT2D eigenvalue weighted by atomic mass is 16.1. The van der Waals surface area contributed by atoms with Gasteiger partial charge >= 0.3 is 0 Å². The number of rotatable bonds is 5. The van der Waals surface area contributed by atoms with E-state index in [1.165, 1.54) is 11.1 Å². The maximum absolute atomic E-state index is 12.9. The fourth-order valence-corrected chi connectivity index (χ4v) is 4.54. The number of aromatic nitrogens is 4. The third-order valence-corrected chi connectivity index (χ3v) is 6.78. The van der Waals surface area contributed by atoms with Gasteiger partial charge in [0.25, 0.3) is 5.91 Å². The van der Waals surface area contributed by atoms with Gasteiger partial charge in [-0.25, -0.2) is 4.98 Å². The van der Waals surface area contributed by atoms with Gasteiger partial charge in [0.2, 0.25) is 0 Å². The second-order valence-electron chi connectivity index (χ2n) is 9.66. The Balaban J connectivity index is 1.23. The minimum atomic E-state index is -0.214. The summed E-state index contributed by atoms with van der Waals surface area (Å²) in [6, 6.07) is 8.48. The van der Waals surface area contributed by atoms with Gasteiger partial charge in [-0.2, -0.15) is 0 Å². The quantitative estimate of drug-likeness (QED) is 0.428. The Morgan fingerprint density at radius 3 is 2.65 bits per heavy atom. The summed E-state index contributed by atoms with van der Waals surface area (Å²) in [4.78, 5) is 30.5. The molecule has 4 aromatic rings. The topological polar surface area (TPSA) is 78.7 Å². The molecule has 1 amide bonds. The zero-order valence-electron chi connectivity index (χ0n) is 21.5. The van der Waals surface area contributed by atoms with Crippen LogP contribution < -0.4 is 5.32 Å². The van der Waals surface area contributed by atoms with Crippen LogP contribution in [0.5, 0.6) is 0 Å². The zero-order valence-corrected chi connectivity index (χ0v) is 21.5. The zero-order chi connectivity index (χ0) is 25.8. The molecule has 0 bridgehead atoms. The van der Waals surface area contributed by atoms with Crippen molar-refractivity contribution >= 4 is 17.2 Å². The van der Waals surface area contributed by atoms with Crippen LogP contribution in [0.25, 0.3) is 5.65 Å². The highest BCUT2D eigenvalue weighted by molar-refractivity contribution is 6.04. The lowest BCUT2D eigenvalue weighted by Gasteiger charge is -2.37. The van der Waals surface area contributed by atoms with Gasteiger partial charge < -0.3 is 5.32 Å². The average Bonchev–Trinajstić information content (AvgIpc) is 3.32. The third kappa shape index (κ3) is 5.85. The van der Waals surface area contributed by atoms with Crippen LogP contribution in [0.1, 0.15) is 46.6 Å². The summed E-state index contributed by atoms with van der Waals surface area (Å²) >= 11 is 0. The van der Waals surface area contributed by atoms with Gasteiger partial charge in [-0.1, -0.05) is 12.0 Å². The molecule has 0 atom stereocenters. The summed E-state index contributed by atoms with van der Waals surface area (Å²) < 4.78 is 1.86. The van der Waals surface area contributed by atoms with Gasteiger partial charge in [0.15, 0.2) is 5.65 Å². The van der Waals surface area contributed by atoms with E-state index in [2.05, 4.69) is 68.7 Å². The number of aryl methyl sites for hydroxylation is 1. The molecule has 1 saturated heterocycles. The number of hydrogen-bond acceptors (Lipinski definition) is 6. The first kappa shape index (κ1) is 24.6. The summed E-state index contributed by atoms with van der Waals surface area (Å²) in [7, 11) is 0. The van der Waals surface area contributed by atoms with Gasteiger partial charge in [-0.3, -0.25) is 29.0 Å². The van der Waals surface area contributed by atoms with E-state index in [1.54, 1.807) is 37.1 Å². The van der Waals surface area contributed by atoms with Crippen molar-refractivity contribution in [2.75, 3.05) is 31.5 Å². The standard InChI is InChI=1S/C29H31N7O/c1-21(2)35-12-10-34(11-13-35)20-24-5-6-26(14-22(24)3)33-29(37)25-15-23(16-31-17-25)4-7-27-18-32-28-19-30-8-9-36(27)28/h5-6,8-9,14-19,21H,10-13,20H2,1-3H3,(H,33,37). The van der Waals surface area contributed by atoms with Crippen molar-refractivity contribution in [3.05, 3.63) is 89.4 Å². The van der Waals surface area contributed by atoms with Crippen molar-refractivity contribution in [3.8, 4) is 11.8 Å². The highest BCUT2D eigenvalue weighted by Gasteiger charge is 2.19. The molecule has 0 aliphatic carbocycles. The van der Waals surface area contributed by atoms with E-state index in [9.17, 15) is 4.79 Å². The van der Waals surface area contributed by atoms with E-state index >= 15 is 0 Å². The van der Waals surface area contributed by atoms with E-state index < -0.39 is 0 Å². The molecule has 188 valence electrons. The van der Waals surface area contributed by atoms with Crippen molar-refractivity contribution < 1.29 is 4.79 Å². The Morgan fingerprint density at radius 2 is 1.86 bits per heavy atom. The molecule has 8 heteroatoms. The molecule has 5 rings (SSSR count). The predicted octanol–water partition coefficient (Wildman–Crippen LogP) is 3.61. The molecule has 37 heavy (non-hydrogen) atoms. The largest absolute Gasteiger partial charge is 0.322 e. The predicted molar refractivity (Wildman–Crippen MR) is 144 cm³/mol. The maximum Gasteiger partial charge on any atom is 0.257 e. The number of amides is 1. The Hall–Kier alpha value is -4.06. The van der Waals surface area contributed by atoms with Crippen LogP contribution in [0.15, 0.2) is 61.4 Å². The summed E-state index contributed by atoms with van der Waals surface area (Å²) in [5.41, 5.74) is 5.81. The molecule has 0 radical (unpaired) electrons. The molecule has 0 saturated carbocycles. The third-order valence-electron chi connectivity index (χ3n) is 6.78. The second kappa shape index (κ2) is 10.9.